The maximum Gasteiger partial charge on any atom is 0.290 e. The number of likely N-dealkylation sites (tertiary alicyclic amines) is 1. The molecule has 122 valence electrons. The monoisotopic (exact) mass is 334 g/mol. The second-order valence-corrected chi connectivity index (χ2v) is 6.20. The lowest BCUT2D eigenvalue weighted by atomic mass is 10.0. The fourth-order valence-electron chi connectivity index (χ4n) is 3.16. The molecule has 1 aromatic heterocycles. The third-order valence-corrected chi connectivity index (χ3v) is 4.72. The number of furan rings is 1. The molecule has 2 heterocycles. The Kier molecular flexibility index (Phi) is 4.31. The summed E-state index contributed by atoms with van der Waals surface area (Å²) in [5, 5.41) is 3.94. The number of nitrogens with zero attached hydrogens (tertiary/aromatic N) is 1. The van der Waals surface area contributed by atoms with Gasteiger partial charge in [0.15, 0.2) is 11.3 Å². The number of likely N-dealkylation sites (N-methyl/N-ethyl adjacent to an activating group) is 1. The van der Waals surface area contributed by atoms with Crippen molar-refractivity contribution < 1.29 is 14.0 Å². The number of rotatable bonds is 2. The molecule has 1 saturated heterocycles. The fraction of sp³-hybridized carbons (Fsp3) is 0.412. The molecule has 2 aromatic rings. The van der Waals surface area contributed by atoms with Crippen molar-refractivity contribution in [3.05, 3.63) is 34.5 Å². The highest BCUT2D eigenvalue weighted by molar-refractivity contribution is 6.35. The molecule has 5 nitrogen and oxygen atoms in total. The Morgan fingerprint density at radius 3 is 2.83 bits per heavy atom. The number of hydrogen-bond acceptors (Lipinski definition) is 3. The Balaban J connectivity index is 2.00. The Hall–Kier alpha value is -2.01. The lowest BCUT2D eigenvalue weighted by molar-refractivity contribution is -0.126. The van der Waals surface area contributed by atoms with Crippen LogP contribution >= 0.6 is 11.6 Å². The number of halogens is 1. The van der Waals surface area contributed by atoms with Crippen molar-refractivity contribution >= 4 is 34.4 Å². The van der Waals surface area contributed by atoms with Gasteiger partial charge in [-0.25, -0.2) is 0 Å². The number of amides is 2. The molecule has 1 atom stereocenters. The van der Waals surface area contributed by atoms with Crippen LogP contribution in [0.25, 0.3) is 11.0 Å². The summed E-state index contributed by atoms with van der Waals surface area (Å²) < 4.78 is 5.75. The van der Waals surface area contributed by atoms with Gasteiger partial charge in [0.05, 0.1) is 5.02 Å². The number of para-hydroxylation sites is 1. The van der Waals surface area contributed by atoms with Crippen molar-refractivity contribution in [3.63, 3.8) is 0 Å². The summed E-state index contributed by atoms with van der Waals surface area (Å²) in [5.74, 6) is -0.114. The Morgan fingerprint density at radius 2 is 2.13 bits per heavy atom. The van der Waals surface area contributed by atoms with Gasteiger partial charge in [0, 0.05) is 24.5 Å². The second-order valence-electron chi connectivity index (χ2n) is 5.80. The number of nitrogens with one attached hydrogen (secondary N) is 1. The average Bonchev–Trinajstić information content (AvgIpc) is 2.92. The van der Waals surface area contributed by atoms with Crippen molar-refractivity contribution in [2.24, 2.45) is 0 Å². The zero-order chi connectivity index (χ0) is 16.6. The van der Waals surface area contributed by atoms with E-state index in [9.17, 15) is 9.59 Å². The summed E-state index contributed by atoms with van der Waals surface area (Å²) in [6.07, 6.45) is 2.50. The molecule has 0 bridgehead atoms. The van der Waals surface area contributed by atoms with Gasteiger partial charge in [-0.15, -0.1) is 0 Å². The molecule has 1 N–H and O–H groups in total. The van der Waals surface area contributed by atoms with Crippen molar-refractivity contribution in [2.75, 3.05) is 13.6 Å². The van der Waals surface area contributed by atoms with E-state index in [4.69, 9.17) is 16.0 Å². The van der Waals surface area contributed by atoms with Crippen molar-refractivity contribution in [2.45, 2.75) is 32.2 Å². The molecule has 0 spiro atoms. The Bertz CT molecular complexity index is 769. The molecule has 6 heteroatoms. The van der Waals surface area contributed by atoms with Gasteiger partial charge in [0.1, 0.15) is 6.04 Å². The molecule has 1 aliphatic heterocycles. The van der Waals surface area contributed by atoms with Gasteiger partial charge in [-0.2, -0.15) is 0 Å². The number of carbonyl (C=O) groups is 2. The van der Waals surface area contributed by atoms with E-state index >= 15 is 0 Å². The van der Waals surface area contributed by atoms with Crippen molar-refractivity contribution in [1.82, 2.24) is 10.2 Å². The van der Waals surface area contributed by atoms with Crippen LogP contribution in [0.15, 0.2) is 22.6 Å². The highest BCUT2D eigenvalue weighted by atomic mass is 35.5. The van der Waals surface area contributed by atoms with Crippen molar-refractivity contribution in [1.29, 1.82) is 0 Å². The van der Waals surface area contributed by atoms with Gasteiger partial charge in [0.2, 0.25) is 5.91 Å². The quantitative estimate of drug-likeness (QED) is 0.917. The van der Waals surface area contributed by atoms with Crippen LogP contribution in [0.5, 0.6) is 0 Å². The standard InChI is InChI=1S/C17H19ClN2O3/c1-10-11-6-5-7-12(18)15(11)23-14(10)17(22)20-9-4-3-8-13(20)16(21)19-2/h5-7,13H,3-4,8-9H2,1-2H3,(H,19,21). The average molecular weight is 335 g/mol. The summed E-state index contributed by atoms with van der Waals surface area (Å²) >= 11 is 6.15. The van der Waals surface area contributed by atoms with Gasteiger partial charge in [-0.05, 0) is 32.3 Å². The zero-order valence-electron chi connectivity index (χ0n) is 13.2. The summed E-state index contributed by atoms with van der Waals surface area (Å²) in [6.45, 7) is 2.40. The number of carbonyl (C=O) groups excluding carboxylic acids is 2. The minimum Gasteiger partial charge on any atom is -0.449 e. The molecule has 0 aliphatic carbocycles. The zero-order valence-corrected chi connectivity index (χ0v) is 13.9. The van der Waals surface area contributed by atoms with E-state index in [2.05, 4.69) is 5.32 Å². The van der Waals surface area contributed by atoms with E-state index in [1.54, 1.807) is 18.0 Å². The van der Waals surface area contributed by atoms with E-state index in [0.717, 1.165) is 23.8 Å². The number of fused-ring (bicyclic) bond motifs is 1. The molecular weight excluding hydrogens is 316 g/mol. The first kappa shape index (κ1) is 15.9. The largest absolute Gasteiger partial charge is 0.449 e. The Morgan fingerprint density at radius 1 is 1.35 bits per heavy atom. The lowest BCUT2D eigenvalue weighted by Gasteiger charge is -2.33. The van der Waals surface area contributed by atoms with E-state index < -0.39 is 6.04 Å². The van der Waals surface area contributed by atoms with Gasteiger partial charge in [-0.3, -0.25) is 9.59 Å². The van der Waals surface area contributed by atoms with Crippen LogP contribution in [0.1, 0.15) is 35.4 Å². The van der Waals surface area contributed by atoms with Crippen LogP contribution in [0.3, 0.4) is 0 Å². The number of hydrogen-bond donors (Lipinski definition) is 1. The number of aryl methyl sites for hydroxylation is 1. The first-order valence-electron chi connectivity index (χ1n) is 7.74. The second kappa shape index (κ2) is 6.24. The molecule has 23 heavy (non-hydrogen) atoms. The third-order valence-electron chi connectivity index (χ3n) is 4.42. The molecular formula is C17H19ClN2O3. The minimum absolute atomic E-state index is 0.134. The Labute approximate surface area is 139 Å². The predicted octanol–water partition coefficient (Wildman–Crippen LogP) is 3.14. The molecule has 1 aliphatic rings. The molecule has 0 radical (unpaired) electrons. The first-order chi connectivity index (χ1) is 11.0. The van der Waals surface area contributed by atoms with Crippen LogP contribution in [0.2, 0.25) is 5.02 Å². The SMILES string of the molecule is CNC(=O)C1CCCCN1C(=O)c1oc2c(Cl)cccc2c1C. The van der Waals surface area contributed by atoms with Gasteiger partial charge in [0.25, 0.3) is 5.91 Å². The maximum absolute atomic E-state index is 12.9. The highest BCUT2D eigenvalue weighted by Crippen LogP contribution is 2.32. The van der Waals surface area contributed by atoms with E-state index in [1.165, 1.54) is 0 Å². The van der Waals surface area contributed by atoms with E-state index in [0.29, 0.717) is 23.6 Å². The fourth-order valence-corrected chi connectivity index (χ4v) is 3.37. The molecule has 3 rings (SSSR count). The van der Waals surface area contributed by atoms with Gasteiger partial charge < -0.3 is 14.6 Å². The summed E-state index contributed by atoms with van der Waals surface area (Å²) in [5.41, 5.74) is 1.28. The maximum atomic E-state index is 12.9. The van der Waals surface area contributed by atoms with Crippen LogP contribution in [-0.2, 0) is 4.79 Å². The number of piperidine rings is 1. The molecule has 1 unspecified atom stereocenters. The van der Waals surface area contributed by atoms with Crippen LogP contribution in [-0.4, -0.2) is 36.3 Å². The van der Waals surface area contributed by atoms with Gasteiger partial charge >= 0.3 is 0 Å². The van der Waals surface area contributed by atoms with E-state index in [1.807, 2.05) is 19.1 Å². The third kappa shape index (κ3) is 2.70. The summed E-state index contributed by atoms with van der Waals surface area (Å²) in [4.78, 5) is 26.6. The van der Waals surface area contributed by atoms with Gasteiger partial charge in [-0.1, -0.05) is 23.7 Å². The summed E-state index contributed by atoms with van der Waals surface area (Å²) in [6, 6.07) is 5.00. The predicted molar refractivity (Wildman–Crippen MR) is 88.7 cm³/mol. The smallest absolute Gasteiger partial charge is 0.290 e. The van der Waals surface area contributed by atoms with Crippen LogP contribution in [0.4, 0.5) is 0 Å². The molecule has 0 saturated carbocycles. The topological polar surface area (TPSA) is 62.6 Å². The van der Waals surface area contributed by atoms with Crippen LogP contribution in [0, 0.1) is 6.92 Å². The molecule has 1 fully saturated rings. The highest BCUT2D eigenvalue weighted by Gasteiger charge is 2.34. The molecule has 2 amide bonds. The number of benzene rings is 1. The normalized spacial score (nSPS) is 18.2. The minimum atomic E-state index is -0.440. The lowest BCUT2D eigenvalue weighted by Crippen LogP contribution is -2.51. The van der Waals surface area contributed by atoms with Crippen LogP contribution < -0.4 is 5.32 Å². The summed E-state index contributed by atoms with van der Waals surface area (Å²) in [7, 11) is 1.59. The first-order valence-corrected chi connectivity index (χ1v) is 8.12. The van der Waals surface area contributed by atoms with Crippen molar-refractivity contribution in [3.8, 4) is 0 Å². The molecule has 1 aromatic carbocycles. The van der Waals surface area contributed by atoms with E-state index in [-0.39, 0.29) is 17.6 Å².